The van der Waals surface area contributed by atoms with Gasteiger partial charge in [0.05, 0.1) is 31.4 Å². The molecule has 12 heteroatoms. The van der Waals surface area contributed by atoms with E-state index in [0.29, 0.717) is 53.1 Å². The lowest BCUT2D eigenvalue weighted by molar-refractivity contribution is 0.242. The molecule has 5 rings (SSSR count). The molecule has 1 saturated carbocycles. The van der Waals surface area contributed by atoms with Crippen molar-refractivity contribution in [2.24, 2.45) is 5.41 Å². The summed E-state index contributed by atoms with van der Waals surface area (Å²) in [7, 11) is -2.13. The second kappa shape index (κ2) is 10.7. The molecule has 2 N–H and O–H groups in total. The summed E-state index contributed by atoms with van der Waals surface area (Å²) in [6.45, 7) is 3.81. The smallest absolute Gasteiger partial charge is 0.316 e. The summed E-state index contributed by atoms with van der Waals surface area (Å²) in [5, 5.41) is 4.89. The van der Waals surface area contributed by atoms with Crippen molar-refractivity contribution in [2.45, 2.75) is 25.5 Å². The molecule has 0 bridgehead atoms. The van der Waals surface area contributed by atoms with Crippen LogP contribution >= 0.6 is 11.6 Å². The maximum Gasteiger partial charge on any atom is 0.316 e. The summed E-state index contributed by atoms with van der Waals surface area (Å²) in [4.78, 5) is 15.5. The highest BCUT2D eigenvalue weighted by Gasteiger charge is 2.39. The summed E-state index contributed by atoms with van der Waals surface area (Å²) in [6.07, 6.45) is 3.70. The highest BCUT2D eigenvalue weighted by atomic mass is 35.5. The average molecular weight is 574 g/mol. The lowest BCUT2D eigenvalue weighted by atomic mass is 10.2. The molecule has 10 nitrogen and oxygen atoms in total. The van der Waals surface area contributed by atoms with E-state index in [4.69, 9.17) is 26.8 Å². The van der Waals surface area contributed by atoms with Crippen molar-refractivity contribution >= 4 is 33.0 Å². The van der Waals surface area contributed by atoms with Gasteiger partial charge in [0.2, 0.25) is 15.8 Å². The number of piperazine rings is 1. The summed E-state index contributed by atoms with van der Waals surface area (Å²) < 4.78 is 40.7. The van der Waals surface area contributed by atoms with Gasteiger partial charge in [-0.15, -0.1) is 0 Å². The number of nitrogens with two attached hydrogens (primary N) is 1. The Bertz CT molecular complexity index is 1530. The normalized spacial score (nSPS) is 17.2. The quantitative estimate of drug-likeness (QED) is 0.387. The SMILES string of the molecule is COc1ccc(N)cc1CS(=O)(=O)N1CCN(c2cnn(-c3cccc(Cl)c3)c(=O)c2OCC2(C)CC2)CC1. The number of anilines is 2. The first kappa shape index (κ1) is 27.3. The van der Waals surface area contributed by atoms with Gasteiger partial charge >= 0.3 is 5.56 Å². The number of sulfonamides is 1. The number of halogens is 1. The number of benzene rings is 2. The first-order valence-corrected chi connectivity index (χ1v) is 14.7. The van der Waals surface area contributed by atoms with Crippen LogP contribution in [0.3, 0.4) is 0 Å². The van der Waals surface area contributed by atoms with Crippen LogP contribution in [0, 0.1) is 5.41 Å². The monoisotopic (exact) mass is 573 g/mol. The molecule has 0 radical (unpaired) electrons. The molecule has 2 fully saturated rings. The molecular weight excluding hydrogens is 542 g/mol. The molecular formula is C27H32ClN5O5S. The predicted molar refractivity (Wildman–Crippen MR) is 151 cm³/mol. The molecule has 0 unspecified atom stereocenters. The van der Waals surface area contributed by atoms with E-state index in [1.165, 1.54) is 16.1 Å². The lowest BCUT2D eigenvalue weighted by Gasteiger charge is -2.36. The zero-order valence-electron chi connectivity index (χ0n) is 22.0. The van der Waals surface area contributed by atoms with Crippen molar-refractivity contribution in [1.82, 2.24) is 14.1 Å². The molecule has 2 heterocycles. The molecule has 1 aliphatic carbocycles. The molecule has 2 aromatic carbocycles. The van der Waals surface area contributed by atoms with Crippen LogP contribution in [-0.4, -0.2) is 62.4 Å². The van der Waals surface area contributed by atoms with Gasteiger partial charge < -0.3 is 20.1 Å². The van der Waals surface area contributed by atoms with Crippen LogP contribution in [0.5, 0.6) is 11.5 Å². The number of rotatable bonds is 9. The number of nitrogen functional groups attached to an aromatic ring is 1. The summed E-state index contributed by atoms with van der Waals surface area (Å²) in [5.74, 6) is 0.466. The van der Waals surface area contributed by atoms with E-state index in [9.17, 15) is 13.2 Å². The van der Waals surface area contributed by atoms with Gasteiger partial charge in [-0.05, 0) is 49.2 Å². The Morgan fingerprint density at radius 1 is 1.10 bits per heavy atom. The van der Waals surface area contributed by atoms with Crippen LogP contribution < -0.4 is 25.7 Å². The molecule has 39 heavy (non-hydrogen) atoms. The Labute approximate surface area is 232 Å². The van der Waals surface area contributed by atoms with Gasteiger partial charge in [-0.25, -0.2) is 8.42 Å². The van der Waals surface area contributed by atoms with Crippen molar-refractivity contribution in [3.05, 3.63) is 69.6 Å². The predicted octanol–water partition coefficient (Wildman–Crippen LogP) is 3.31. The van der Waals surface area contributed by atoms with Crippen LogP contribution in [-0.2, 0) is 15.8 Å². The minimum atomic E-state index is -3.63. The third-order valence-electron chi connectivity index (χ3n) is 7.25. The van der Waals surface area contributed by atoms with E-state index in [0.717, 1.165) is 12.8 Å². The summed E-state index contributed by atoms with van der Waals surface area (Å²) >= 11 is 6.15. The van der Waals surface area contributed by atoms with Crippen LogP contribution in [0.15, 0.2) is 53.5 Å². The van der Waals surface area contributed by atoms with E-state index < -0.39 is 10.0 Å². The molecule has 0 amide bonds. The molecule has 0 spiro atoms. The lowest BCUT2D eigenvalue weighted by Crippen LogP contribution is -2.49. The fourth-order valence-electron chi connectivity index (χ4n) is 4.59. The summed E-state index contributed by atoms with van der Waals surface area (Å²) in [6, 6.07) is 11.9. The third-order valence-corrected chi connectivity index (χ3v) is 9.31. The van der Waals surface area contributed by atoms with E-state index in [-0.39, 0.29) is 35.6 Å². The van der Waals surface area contributed by atoms with Crippen LogP contribution in [0.4, 0.5) is 11.4 Å². The molecule has 208 valence electrons. The number of ether oxygens (including phenoxy) is 2. The molecule has 1 aromatic heterocycles. The molecule has 2 aliphatic rings. The van der Waals surface area contributed by atoms with Gasteiger partial charge in [0.15, 0.2) is 0 Å². The van der Waals surface area contributed by atoms with Crippen LogP contribution in [0.1, 0.15) is 25.3 Å². The first-order valence-electron chi connectivity index (χ1n) is 12.7. The average Bonchev–Trinajstić information content (AvgIpc) is 3.65. The fraction of sp³-hybridized carbons (Fsp3) is 0.407. The van der Waals surface area contributed by atoms with Gasteiger partial charge in [0.1, 0.15) is 11.4 Å². The highest BCUT2D eigenvalue weighted by Crippen LogP contribution is 2.45. The zero-order chi connectivity index (χ0) is 27.8. The summed E-state index contributed by atoms with van der Waals surface area (Å²) in [5.41, 5.74) is 7.62. The zero-order valence-corrected chi connectivity index (χ0v) is 23.5. The molecule has 1 aliphatic heterocycles. The van der Waals surface area contributed by atoms with E-state index >= 15 is 0 Å². The van der Waals surface area contributed by atoms with E-state index in [2.05, 4.69) is 12.0 Å². The van der Waals surface area contributed by atoms with Gasteiger partial charge in [-0.1, -0.05) is 24.6 Å². The topological polar surface area (TPSA) is 120 Å². The Morgan fingerprint density at radius 3 is 2.51 bits per heavy atom. The largest absolute Gasteiger partial charge is 0.496 e. The van der Waals surface area contributed by atoms with Crippen molar-refractivity contribution in [1.29, 1.82) is 0 Å². The standard InChI is InChI=1S/C27H32ClN5O5S/c1-27(8-9-27)18-38-25-23(16-30-33(26(25)34)22-5-3-4-20(28)15-22)31-10-12-32(13-11-31)39(35,36)17-19-14-21(29)6-7-24(19)37-2/h3-7,14-16H,8-13,17-18,29H2,1-2H3. The third kappa shape index (κ3) is 6.00. The highest BCUT2D eigenvalue weighted by molar-refractivity contribution is 7.88. The number of nitrogens with zero attached hydrogens (tertiary/aromatic N) is 4. The Balaban J connectivity index is 1.37. The van der Waals surface area contributed by atoms with Crippen molar-refractivity contribution in [3.63, 3.8) is 0 Å². The Morgan fingerprint density at radius 2 is 1.85 bits per heavy atom. The second-order valence-electron chi connectivity index (χ2n) is 10.4. The van der Waals surface area contributed by atoms with Crippen LogP contribution in [0.25, 0.3) is 5.69 Å². The molecule has 0 atom stereocenters. The van der Waals surface area contributed by atoms with Gasteiger partial charge in [-0.2, -0.15) is 14.1 Å². The maximum absolute atomic E-state index is 13.6. The van der Waals surface area contributed by atoms with Crippen LogP contribution in [0.2, 0.25) is 5.02 Å². The molecule has 1 saturated heterocycles. The van der Waals surface area contributed by atoms with Gasteiger partial charge in [-0.3, -0.25) is 4.79 Å². The Kier molecular flexibility index (Phi) is 7.49. The maximum atomic E-state index is 13.6. The fourth-order valence-corrected chi connectivity index (χ4v) is 6.30. The minimum Gasteiger partial charge on any atom is -0.496 e. The van der Waals surface area contributed by atoms with Crippen molar-refractivity contribution in [2.75, 3.05) is 50.5 Å². The van der Waals surface area contributed by atoms with E-state index in [1.807, 2.05) is 4.90 Å². The number of methoxy groups -OCH3 is 1. The second-order valence-corrected chi connectivity index (χ2v) is 12.8. The first-order chi connectivity index (χ1) is 18.6. The number of hydrogen-bond donors (Lipinski definition) is 1. The van der Waals surface area contributed by atoms with E-state index in [1.54, 1.807) is 48.7 Å². The number of aromatic nitrogens is 2. The van der Waals surface area contributed by atoms with Crippen molar-refractivity contribution < 1.29 is 17.9 Å². The number of hydrogen-bond acceptors (Lipinski definition) is 8. The Hall–Kier alpha value is -3.28. The van der Waals surface area contributed by atoms with Gasteiger partial charge in [0, 0.05) is 47.9 Å². The van der Waals surface area contributed by atoms with Crippen molar-refractivity contribution in [3.8, 4) is 17.2 Å². The molecule has 3 aromatic rings. The van der Waals surface area contributed by atoms with Gasteiger partial charge in [0.25, 0.3) is 0 Å². The minimum absolute atomic E-state index is 0.0581.